The molecule has 1 aromatic carbocycles. The van der Waals surface area contributed by atoms with E-state index in [4.69, 9.17) is 0 Å². The Morgan fingerprint density at radius 1 is 1.31 bits per heavy atom. The Balaban J connectivity index is 2.22. The molecule has 1 N–H and O–H groups in total. The predicted octanol–water partition coefficient (Wildman–Crippen LogP) is 2.29. The maximum absolute atomic E-state index is 12.6. The summed E-state index contributed by atoms with van der Waals surface area (Å²) in [4.78, 5) is 0. The molecule has 1 aromatic rings. The van der Waals surface area contributed by atoms with Crippen LogP contribution in [0.5, 0.6) is 0 Å². The van der Waals surface area contributed by atoms with Crippen molar-refractivity contribution in [3.05, 3.63) is 35.6 Å². The van der Waals surface area contributed by atoms with Crippen molar-refractivity contribution >= 4 is 0 Å². The number of nitrogens with one attached hydrogen (secondary N) is 1. The first-order valence-corrected chi connectivity index (χ1v) is 4.60. The van der Waals surface area contributed by atoms with Gasteiger partial charge in [0, 0.05) is 18.0 Å². The second-order valence-corrected chi connectivity index (χ2v) is 4.21. The van der Waals surface area contributed by atoms with Crippen molar-refractivity contribution in [3.8, 4) is 0 Å². The zero-order chi connectivity index (χ0) is 9.47. The lowest BCUT2D eigenvalue weighted by molar-refractivity contribution is 0.208. The monoisotopic (exact) mass is 179 g/mol. The molecule has 1 heterocycles. The first-order chi connectivity index (χ1) is 6.09. The lowest BCUT2D eigenvalue weighted by Crippen LogP contribution is -2.59. The first-order valence-electron chi connectivity index (χ1n) is 4.60. The van der Waals surface area contributed by atoms with Gasteiger partial charge < -0.3 is 5.32 Å². The van der Waals surface area contributed by atoms with Crippen molar-refractivity contribution in [2.75, 3.05) is 6.54 Å². The Morgan fingerprint density at radius 3 is 2.31 bits per heavy atom. The van der Waals surface area contributed by atoms with Gasteiger partial charge in [-0.1, -0.05) is 12.1 Å². The third-order valence-corrected chi connectivity index (χ3v) is 2.91. The molecule has 1 aliphatic rings. The molecule has 1 atom stereocenters. The lowest BCUT2D eigenvalue weighted by Gasteiger charge is -2.46. The van der Waals surface area contributed by atoms with Crippen LogP contribution in [0.25, 0.3) is 0 Å². The second-order valence-electron chi connectivity index (χ2n) is 4.21. The first kappa shape index (κ1) is 8.70. The molecule has 0 saturated carbocycles. The highest BCUT2D eigenvalue weighted by Crippen LogP contribution is 2.34. The molecule has 13 heavy (non-hydrogen) atoms. The van der Waals surface area contributed by atoms with Crippen LogP contribution in [-0.4, -0.2) is 12.1 Å². The lowest BCUT2D eigenvalue weighted by atomic mass is 9.75. The van der Waals surface area contributed by atoms with E-state index in [-0.39, 0.29) is 11.4 Å². The minimum Gasteiger partial charge on any atom is -0.310 e. The molecule has 0 bridgehead atoms. The highest BCUT2D eigenvalue weighted by atomic mass is 19.1. The molecule has 0 aliphatic carbocycles. The third kappa shape index (κ3) is 1.46. The summed E-state index contributed by atoms with van der Waals surface area (Å²) in [6.07, 6.45) is 0. The number of benzene rings is 1. The topological polar surface area (TPSA) is 12.0 Å². The summed E-state index contributed by atoms with van der Waals surface area (Å²) in [7, 11) is 0. The summed E-state index contributed by atoms with van der Waals surface area (Å²) >= 11 is 0. The molecular formula is C11H14FN. The maximum atomic E-state index is 12.6. The summed E-state index contributed by atoms with van der Waals surface area (Å²) in [6.45, 7) is 5.34. The smallest absolute Gasteiger partial charge is 0.123 e. The summed E-state index contributed by atoms with van der Waals surface area (Å²) < 4.78 is 12.6. The molecular weight excluding hydrogens is 165 g/mol. The second kappa shape index (κ2) is 2.81. The Labute approximate surface area is 78.0 Å². The molecule has 1 aliphatic heterocycles. The third-order valence-electron chi connectivity index (χ3n) is 2.91. The number of halogens is 1. The molecule has 1 saturated heterocycles. The summed E-state index contributed by atoms with van der Waals surface area (Å²) in [5.74, 6) is 0.363. The summed E-state index contributed by atoms with van der Waals surface area (Å²) in [5.41, 5.74) is 1.39. The molecule has 2 rings (SSSR count). The zero-order valence-corrected chi connectivity index (χ0v) is 7.97. The Bertz CT molecular complexity index is 302. The van der Waals surface area contributed by atoms with Gasteiger partial charge in [0.25, 0.3) is 0 Å². The van der Waals surface area contributed by atoms with Gasteiger partial charge in [-0.25, -0.2) is 4.39 Å². The minimum absolute atomic E-state index is 0.158. The van der Waals surface area contributed by atoms with Crippen LogP contribution in [0, 0.1) is 5.82 Å². The van der Waals surface area contributed by atoms with Crippen LogP contribution in [0.2, 0.25) is 0 Å². The van der Waals surface area contributed by atoms with Crippen LogP contribution in [0.15, 0.2) is 24.3 Å². The molecule has 0 amide bonds. The van der Waals surface area contributed by atoms with Gasteiger partial charge in [-0.3, -0.25) is 0 Å². The highest BCUT2D eigenvalue weighted by molar-refractivity contribution is 5.27. The van der Waals surface area contributed by atoms with Crippen molar-refractivity contribution in [2.45, 2.75) is 25.3 Å². The maximum Gasteiger partial charge on any atom is 0.123 e. The van der Waals surface area contributed by atoms with E-state index in [1.165, 1.54) is 17.7 Å². The Morgan fingerprint density at radius 2 is 1.92 bits per heavy atom. The average molecular weight is 179 g/mol. The van der Waals surface area contributed by atoms with E-state index in [2.05, 4.69) is 19.2 Å². The van der Waals surface area contributed by atoms with Gasteiger partial charge in [-0.2, -0.15) is 0 Å². The zero-order valence-electron chi connectivity index (χ0n) is 7.97. The van der Waals surface area contributed by atoms with Gasteiger partial charge >= 0.3 is 0 Å². The average Bonchev–Trinajstić information content (AvgIpc) is 2.07. The van der Waals surface area contributed by atoms with Crippen LogP contribution in [0.3, 0.4) is 0 Å². The molecule has 0 radical (unpaired) electrons. The number of rotatable bonds is 1. The van der Waals surface area contributed by atoms with E-state index in [1.807, 2.05) is 12.1 Å². The normalized spacial score (nSPS) is 25.3. The summed E-state index contributed by atoms with van der Waals surface area (Å²) in [5, 5.41) is 3.35. The van der Waals surface area contributed by atoms with Gasteiger partial charge in [0.05, 0.1) is 0 Å². The summed E-state index contributed by atoms with van der Waals surface area (Å²) in [6, 6.07) is 6.82. The van der Waals surface area contributed by atoms with Crippen molar-refractivity contribution in [2.24, 2.45) is 0 Å². The standard InChI is InChI=1S/C11H14FN/c1-11(2)10(7-13-11)8-3-5-9(12)6-4-8/h3-6,10,13H,7H2,1-2H3. The van der Waals surface area contributed by atoms with E-state index in [0.29, 0.717) is 5.92 Å². The fraction of sp³-hybridized carbons (Fsp3) is 0.455. The number of hydrogen-bond acceptors (Lipinski definition) is 1. The van der Waals surface area contributed by atoms with Crippen molar-refractivity contribution in [3.63, 3.8) is 0 Å². The minimum atomic E-state index is -0.158. The Hall–Kier alpha value is -0.890. The fourth-order valence-electron chi connectivity index (χ4n) is 1.84. The van der Waals surface area contributed by atoms with Gasteiger partial charge in [0.2, 0.25) is 0 Å². The predicted molar refractivity (Wildman–Crippen MR) is 51.2 cm³/mol. The Kier molecular flexibility index (Phi) is 1.88. The van der Waals surface area contributed by atoms with Crippen molar-refractivity contribution in [1.29, 1.82) is 0 Å². The van der Waals surface area contributed by atoms with Crippen LogP contribution < -0.4 is 5.32 Å². The van der Waals surface area contributed by atoms with Crippen LogP contribution >= 0.6 is 0 Å². The molecule has 0 spiro atoms. The fourth-order valence-corrected chi connectivity index (χ4v) is 1.84. The van der Waals surface area contributed by atoms with Gasteiger partial charge in [-0.15, -0.1) is 0 Å². The van der Waals surface area contributed by atoms with Gasteiger partial charge in [0.15, 0.2) is 0 Å². The highest BCUT2D eigenvalue weighted by Gasteiger charge is 2.38. The van der Waals surface area contributed by atoms with Crippen LogP contribution in [-0.2, 0) is 0 Å². The van der Waals surface area contributed by atoms with Crippen molar-refractivity contribution in [1.82, 2.24) is 5.32 Å². The molecule has 70 valence electrons. The van der Waals surface area contributed by atoms with E-state index in [0.717, 1.165) is 6.54 Å². The van der Waals surface area contributed by atoms with E-state index < -0.39 is 0 Å². The van der Waals surface area contributed by atoms with Crippen LogP contribution in [0.4, 0.5) is 4.39 Å². The van der Waals surface area contributed by atoms with E-state index in [9.17, 15) is 4.39 Å². The van der Waals surface area contributed by atoms with Gasteiger partial charge in [0.1, 0.15) is 5.82 Å². The SMILES string of the molecule is CC1(C)NCC1c1ccc(F)cc1. The van der Waals surface area contributed by atoms with Gasteiger partial charge in [-0.05, 0) is 31.5 Å². The quantitative estimate of drug-likeness (QED) is 0.697. The molecule has 1 nitrogen and oxygen atoms in total. The van der Waals surface area contributed by atoms with E-state index in [1.54, 1.807) is 0 Å². The molecule has 0 aromatic heterocycles. The largest absolute Gasteiger partial charge is 0.310 e. The molecule has 1 unspecified atom stereocenters. The number of hydrogen-bond donors (Lipinski definition) is 1. The van der Waals surface area contributed by atoms with Crippen LogP contribution in [0.1, 0.15) is 25.3 Å². The van der Waals surface area contributed by atoms with Crippen molar-refractivity contribution < 1.29 is 4.39 Å². The molecule has 2 heteroatoms. The molecule has 1 fully saturated rings. The van der Waals surface area contributed by atoms with E-state index >= 15 is 0 Å².